The smallest absolute Gasteiger partial charge is 0.287 e. The fourth-order valence-electron chi connectivity index (χ4n) is 0.951. The molecule has 0 atom stereocenters. The van der Waals surface area contributed by atoms with Crippen molar-refractivity contribution in [1.82, 2.24) is 19.9 Å². The van der Waals surface area contributed by atoms with Gasteiger partial charge in [0.15, 0.2) is 6.33 Å². The van der Waals surface area contributed by atoms with E-state index in [0.717, 1.165) is 4.68 Å². The maximum Gasteiger partial charge on any atom is 0.287 e. The Morgan fingerprint density at radius 3 is 2.93 bits per heavy atom. The molecule has 2 heterocycles. The molecule has 0 aliphatic carbocycles. The van der Waals surface area contributed by atoms with Crippen molar-refractivity contribution in [3.63, 3.8) is 0 Å². The van der Waals surface area contributed by atoms with Crippen LogP contribution in [0.4, 0.5) is 0 Å². The first-order valence-electron chi connectivity index (χ1n) is 3.85. The van der Waals surface area contributed by atoms with Gasteiger partial charge in [-0.3, -0.25) is 4.79 Å². The topological polar surface area (TPSA) is 73.8 Å². The fourth-order valence-corrected chi connectivity index (χ4v) is 1.22. The van der Waals surface area contributed by atoms with Gasteiger partial charge in [-0.2, -0.15) is 10.1 Å². The van der Waals surface area contributed by atoms with Crippen LogP contribution < -0.4 is 5.56 Å². The average molecular weight is 247 g/mol. The van der Waals surface area contributed by atoms with Gasteiger partial charge in [-0.05, 0) is 0 Å². The molecule has 0 spiro atoms. The molecule has 0 amide bonds. The maximum atomic E-state index is 11.5. The van der Waals surface area contributed by atoms with Crippen molar-refractivity contribution < 1.29 is 4.52 Å². The van der Waals surface area contributed by atoms with Gasteiger partial charge < -0.3 is 4.52 Å². The van der Waals surface area contributed by atoms with Crippen molar-refractivity contribution in [2.45, 2.75) is 6.54 Å². The molecule has 0 saturated heterocycles. The van der Waals surface area contributed by atoms with Crippen molar-refractivity contribution in [2.75, 3.05) is 0 Å². The van der Waals surface area contributed by atoms with E-state index in [-0.39, 0.29) is 22.5 Å². The summed E-state index contributed by atoms with van der Waals surface area (Å²) in [5.41, 5.74) is -0.498. The standard InChI is InChI=1S/C7H4Cl2N4O2/c8-4-1-11-13(7(14)6(4)9)2-5-10-3-12-15-5/h1,3H,2H2. The summed E-state index contributed by atoms with van der Waals surface area (Å²) in [4.78, 5) is 15.3. The van der Waals surface area contributed by atoms with Crippen LogP contribution in [0.1, 0.15) is 5.89 Å². The summed E-state index contributed by atoms with van der Waals surface area (Å²) in [7, 11) is 0. The Kier molecular flexibility index (Phi) is 2.70. The van der Waals surface area contributed by atoms with Crippen molar-refractivity contribution in [3.8, 4) is 0 Å². The van der Waals surface area contributed by atoms with Crippen molar-refractivity contribution in [3.05, 3.63) is 38.8 Å². The van der Waals surface area contributed by atoms with Crippen LogP contribution in [0, 0.1) is 0 Å². The molecule has 0 aliphatic heterocycles. The molecule has 0 radical (unpaired) electrons. The Morgan fingerprint density at radius 2 is 2.27 bits per heavy atom. The number of nitrogens with zero attached hydrogens (tertiary/aromatic N) is 4. The average Bonchev–Trinajstić information content (AvgIpc) is 2.72. The van der Waals surface area contributed by atoms with Gasteiger partial charge in [0.05, 0.1) is 11.2 Å². The number of halogens is 2. The second kappa shape index (κ2) is 4.00. The Labute approximate surface area is 93.4 Å². The molecule has 2 rings (SSSR count). The third kappa shape index (κ3) is 2.00. The van der Waals surface area contributed by atoms with Crippen LogP contribution in [-0.4, -0.2) is 19.9 Å². The largest absolute Gasteiger partial charge is 0.338 e. The third-order valence-corrected chi connectivity index (χ3v) is 2.38. The van der Waals surface area contributed by atoms with Crippen LogP contribution in [-0.2, 0) is 6.54 Å². The minimum Gasteiger partial charge on any atom is -0.338 e. The van der Waals surface area contributed by atoms with Crippen molar-refractivity contribution in [2.24, 2.45) is 0 Å². The second-order valence-corrected chi connectivity index (χ2v) is 3.39. The van der Waals surface area contributed by atoms with Gasteiger partial charge in [0.1, 0.15) is 11.6 Å². The van der Waals surface area contributed by atoms with Crippen molar-refractivity contribution in [1.29, 1.82) is 0 Å². The summed E-state index contributed by atoms with van der Waals surface area (Å²) in [5, 5.41) is 7.21. The van der Waals surface area contributed by atoms with Crippen LogP contribution in [0.5, 0.6) is 0 Å². The normalized spacial score (nSPS) is 10.5. The molecule has 8 heteroatoms. The van der Waals surface area contributed by atoms with E-state index >= 15 is 0 Å². The summed E-state index contributed by atoms with van der Waals surface area (Å²) < 4.78 is 5.81. The van der Waals surface area contributed by atoms with E-state index in [9.17, 15) is 4.79 Å². The van der Waals surface area contributed by atoms with Crippen LogP contribution in [0.3, 0.4) is 0 Å². The first-order valence-corrected chi connectivity index (χ1v) is 4.60. The van der Waals surface area contributed by atoms with E-state index in [1.165, 1.54) is 12.5 Å². The summed E-state index contributed by atoms with van der Waals surface area (Å²) in [6.45, 7) is 0.0652. The highest BCUT2D eigenvalue weighted by atomic mass is 35.5. The predicted molar refractivity (Wildman–Crippen MR) is 51.9 cm³/mol. The van der Waals surface area contributed by atoms with Crippen LogP contribution in [0.2, 0.25) is 10.0 Å². The van der Waals surface area contributed by atoms with Gasteiger partial charge in [0, 0.05) is 0 Å². The maximum absolute atomic E-state index is 11.5. The first kappa shape index (κ1) is 10.1. The van der Waals surface area contributed by atoms with Crippen molar-refractivity contribution >= 4 is 23.2 Å². The Balaban J connectivity index is 2.38. The van der Waals surface area contributed by atoms with Gasteiger partial charge in [0.25, 0.3) is 5.56 Å². The summed E-state index contributed by atoms with van der Waals surface area (Å²) >= 11 is 11.3. The lowest BCUT2D eigenvalue weighted by Gasteiger charge is -2.01. The minimum atomic E-state index is -0.498. The Bertz CT molecular complexity index is 522. The van der Waals surface area contributed by atoms with E-state index in [1.807, 2.05) is 0 Å². The molecule has 2 aromatic rings. The molecule has 2 aromatic heterocycles. The Morgan fingerprint density at radius 1 is 1.47 bits per heavy atom. The lowest BCUT2D eigenvalue weighted by molar-refractivity contribution is 0.362. The third-order valence-electron chi connectivity index (χ3n) is 1.63. The van der Waals surface area contributed by atoms with E-state index in [1.54, 1.807) is 0 Å². The minimum absolute atomic E-state index is 0.0652. The van der Waals surface area contributed by atoms with E-state index in [2.05, 4.69) is 15.2 Å². The summed E-state index contributed by atoms with van der Waals surface area (Å²) in [5.74, 6) is 0.267. The highest BCUT2D eigenvalue weighted by Gasteiger charge is 2.09. The lowest BCUT2D eigenvalue weighted by Crippen LogP contribution is -2.23. The zero-order chi connectivity index (χ0) is 10.8. The molecule has 6 nitrogen and oxygen atoms in total. The van der Waals surface area contributed by atoms with Gasteiger partial charge >= 0.3 is 0 Å². The molecule has 0 N–H and O–H groups in total. The zero-order valence-corrected chi connectivity index (χ0v) is 8.73. The molecule has 0 aliphatic rings. The lowest BCUT2D eigenvalue weighted by atomic mass is 10.5. The van der Waals surface area contributed by atoms with Gasteiger partial charge in [0.2, 0.25) is 5.89 Å². The second-order valence-electron chi connectivity index (χ2n) is 2.60. The number of aromatic nitrogens is 4. The van der Waals surface area contributed by atoms with Gasteiger partial charge in [-0.25, -0.2) is 4.68 Å². The molecule has 15 heavy (non-hydrogen) atoms. The SMILES string of the molecule is O=c1c(Cl)c(Cl)cnn1Cc1ncno1. The van der Waals surface area contributed by atoms with Gasteiger partial charge in [-0.15, -0.1) is 0 Å². The first-order chi connectivity index (χ1) is 7.18. The fraction of sp³-hybridized carbons (Fsp3) is 0.143. The van der Waals surface area contributed by atoms with Crippen LogP contribution in [0.15, 0.2) is 21.8 Å². The van der Waals surface area contributed by atoms with Crippen LogP contribution in [0.25, 0.3) is 0 Å². The number of hydrogen-bond donors (Lipinski definition) is 0. The number of rotatable bonds is 2. The summed E-state index contributed by atoms with van der Waals surface area (Å²) in [6.07, 6.45) is 2.51. The molecular weight excluding hydrogens is 243 g/mol. The van der Waals surface area contributed by atoms with Gasteiger partial charge in [-0.1, -0.05) is 28.4 Å². The molecule has 0 unspecified atom stereocenters. The monoisotopic (exact) mass is 246 g/mol. The summed E-state index contributed by atoms with van der Waals surface area (Å²) in [6, 6.07) is 0. The molecule has 0 bridgehead atoms. The molecular formula is C7H4Cl2N4O2. The molecule has 0 fully saturated rings. The quantitative estimate of drug-likeness (QED) is 0.790. The van der Waals surface area contributed by atoms with E-state index in [0.29, 0.717) is 0 Å². The Hall–Kier alpha value is -1.40. The number of hydrogen-bond acceptors (Lipinski definition) is 5. The molecule has 0 saturated carbocycles. The highest BCUT2D eigenvalue weighted by Crippen LogP contribution is 2.14. The molecule has 0 aromatic carbocycles. The zero-order valence-electron chi connectivity index (χ0n) is 7.22. The van der Waals surface area contributed by atoms with Crippen LogP contribution >= 0.6 is 23.2 Å². The highest BCUT2D eigenvalue weighted by molar-refractivity contribution is 6.41. The predicted octanol–water partition coefficient (Wildman–Crippen LogP) is 0.981. The molecule has 78 valence electrons. The van der Waals surface area contributed by atoms with E-state index in [4.69, 9.17) is 27.7 Å². The van der Waals surface area contributed by atoms with E-state index < -0.39 is 5.56 Å².